The molecule has 1 aromatic carbocycles. The second-order valence-corrected chi connectivity index (χ2v) is 3.65. The van der Waals surface area contributed by atoms with Crippen LogP contribution < -0.4 is 15.8 Å². The van der Waals surface area contributed by atoms with Crippen LogP contribution in [0, 0.1) is 0 Å². The minimum Gasteiger partial charge on any atom is -0.489 e. The molecule has 2 rings (SSSR count). The number of nitrogens with two attached hydrogens (primary N) is 1. The molecule has 1 aliphatic rings. The molecule has 1 aromatic rings. The van der Waals surface area contributed by atoms with E-state index in [1.807, 2.05) is 18.2 Å². The molecule has 1 atom stereocenters. The molecule has 0 radical (unpaired) electrons. The predicted molar refractivity (Wildman–Crippen MR) is 64.5 cm³/mol. The third-order valence-electron chi connectivity index (χ3n) is 2.52. The zero-order valence-corrected chi connectivity index (χ0v) is 9.64. The molecular weight excluding hydrogens is 212 g/mol. The number of benzene rings is 1. The Morgan fingerprint density at radius 1 is 1.53 bits per heavy atom. The molecule has 1 heterocycles. The van der Waals surface area contributed by atoms with E-state index in [1.54, 1.807) is 0 Å². The molecule has 1 unspecified atom stereocenters. The fraction of sp³-hybridized carbons (Fsp3) is 0.455. The summed E-state index contributed by atoms with van der Waals surface area (Å²) in [6.07, 6.45) is 1.30. The summed E-state index contributed by atoms with van der Waals surface area (Å²) in [7, 11) is 0. The molecular formula is C11H17ClN2O. The summed E-state index contributed by atoms with van der Waals surface area (Å²) in [4.78, 5) is 0. The van der Waals surface area contributed by atoms with E-state index in [1.165, 1.54) is 0 Å². The lowest BCUT2D eigenvalue weighted by molar-refractivity contribution is 0.202. The third-order valence-corrected chi connectivity index (χ3v) is 2.52. The van der Waals surface area contributed by atoms with Crippen molar-refractivity contribution in [3.63, 3.8) is 0 Å². The Balaban J connectivity index is 0.00000112. The van der Waals surface area contributed by atoms with Crippen molar-refractivity contribution in [2.45, 2.75) is 26.0 Å². The van der Waals surface area contributed by atoms with E-state index in [4.69, 9.17) is 10.5 Å². The van der Waals surface area contributed by atoms with Gasteiger partial charge in [-0.15, -0.1) is 12.4 Å². The third kappa shape index (κ3) is 2.76. The highest BCUT2D eigenvalue weighted by atomic mass is 35.5. The van der Waals surface area contributed by atoms with Crippen molar-refractivity contribution < 1.29 is 4.74 Å². The smallest absolute Gasteiger partial charge is 0.124 e. The van der Waals surface area contributed by atoms with Crippen molar-refractivity contribution in [3.05, 3.63) is 23.8 Å². The number of nitrogens with one attached hydrogen (secondary N) is 1. The molecule has 0 spiro atoms. The molecule has 4 heteroatoms. The Morgan fingerprint density at radius 3 is 3.07 bits per heavy atom. The number of ether oxygens (including phenoxy) is 1. The number of anilines is 1. The van der Waals surface area contributed by atoms with Crippen molar-refractivity contribution in [1.29, 1.82) is 0 Å². The largest absolute Gasteiger partial charge is 0.489 e. The summed E-state index contributed by atoms with van der Waals surface area (Å²) in [6.45, 7) is 3.89. The zero-order chi connectivity index (χ0) is 9.97. The van der Waals surface area contributed by atoms with Gasteiger partial charge in [0.1, 0.15) is 11.9 Å². The first-order valence-corrected chi connectivity index (χ1v) is 5.05. The molecule has 1 aliphatic heterocycles. The van der Waals surface area contributed by atoms with Crippen LogP contribution >= 0.6 is 12.4 Å². The Labute approximate surface area is 96.4 Å². The molecule has 0 amide bonds. The van der Waals surface area contributed by atoms with E-state index in [9.17, 15) is 0 Å². The highest BCUT2D eigenvalue weighted by molar-refractivity contribution is 5.85. The van der Waals surface area contributed by atoms with Crippen molar-refractivity contribution in [3.8, 4) is 5.75 Å². The van der Waals surface area contributed by atoms with Crippen molar-refractivity contribution in [1.82, 2.24) is 5.32 Å². The molecule has 0 aliphatic carbocycles. The Kier molecular flexibility index (Phi) is 4.24. The number of nitrogen functional groups attached to an aromatic ring is 1. The minimum absolute atomic E-state index is 0. The Hall–Kier alpha value is -0.930. The van der Waals surface area contributed by atoms with Gasteiger partial charge in [-0.25, -0.2) is 0 Å². The van der Waals surface area contributed by atoms with E-state index >= 15 is 0 Å². The SMILES string of the molecule is CCC1CNCc2cc(N)ccc2O1.Cl. The number of fused-ring (bicyclic) bond motifs is 1. The summed E-state index contributed by atoms with van der Waals surface area (Å²) in [5.41, 5.74) is 7.67. The standard InChI is InChI=1S/C11H16N2O.ClH/c1-2-10-7-13-6-8-5-9(12)3-4-11(8)14-10;/h3-5,10,13H,2,6-7,12H2,1H3;1H. The molecule has 0 saturated heterocycles. The predicted octanol–water partition coefficient (Wildman–Crippen LogP) is 1.95. The normalized spacial score (nSPS) is 19.4. The second-order valence-electron chi connectivity index (χ2n) is 3.65. The van der Waals surface area contributed by atoms with Gasteiger partial charge < -0.3 is 15.8 Å². The molecule has 0 bridgehead atoms. The van der Waals surface area contributed by atoms with Crippen LogP contribution in [0.5, 0.6) is 5.75 Å². The maximum absolute atomic E-state index is 5.84. The first-order valence-electron chi connectivity index (χ1n) is 5.05. The summed E-state index contributed by atoms with van der Waals surface area (Å²) >= 11 is 0. The van der Waals surface area contributed by atoms with Gasteiger partial charge in [-0.1, -0.05) is 6.92 Å². The van der Waals surface area contributed by atoms with Gasteiger partial charge in [-0.3, -0.25) is 0 Å². The van der Waals surface area contributed by atoms with Crippen molar-refractivity contribution in [2.75, 3.05) is 12.3 Å². The van der Waals surface area contributed by atoms with Crippen molar-refractivity contribution in [2.24, 2.45) is 0 Å². The van der Waals surface area contributed by atoms with Crippen molar-refractivity contribution >= 4 is 18.1 Å². The van der Waals surface area contributed by atoms with Gasteiger partial charge in [-0.05, 0) is 24.6 Å². The second kappa shape index (κ2) is 5.24. The fourth-order valence-corrected chi connectivity index (χ4v) is 1.67. The highest BCUT2D eigenvalue weighted by Crippen LogP contribution is 2.24. The van der Waals surface area contributed by atoms with E-state index in [-0.39, 0.29) is 18.5 Å². The number of hydrogen-bond donors (Lipinski definition) is 2. The van der Waals surface area contributed by atoms with E-state index in [0.717, 1.165) is 36.5 Å². The van der Waals surface area contributed by atoms with Crippen LogP contribution in [0.2, 0.25) is 0 Å². The number of halogens is 1. The zero-order valence-electron chi connectivity index (χ0n) is 8.82. The van der Waals surface area contributed by atoms with Crippen LogP contribution in [0.1, 0.15) is 18.9 Å². The lowest BCUT2D eigenvalue weighted by atomic mass is 10.2. The topological polar surface area (TPSA) is 47.3 Å². The number of rotatable bonds is 1. The lowest BCUT2D eigenvalue weighted by Gasteiger charge is -2.14. The van der Waals surface area contributed by atoms with Gasteiger partial charge >= 0.3 is 0 Å². The monoisotopic (exact) mass is 228 g/mol. The summed E-state index contributed by atoms with van der Waals surface area (Å²) in [5.74, 6) is 0.969. The molecule has 0 fully saturated rings. The van der Waals surface area contributed by atoms with Gasteiger partial charge in [0.05, 0.1) is 0 Å². The summed E-state index contributed by atoms with van der Waals surface area (Å²) < 4.78 is 5.84. The first kappa shape index (κ1) is 12.1. The Morgan fingerprint density at radius 2 is 2.33 bits per heavy atom. The Bertz CT molecular complexity index is 330. The van der Waals surface area contributed by atoms with Crippen LogP contribution in [-0.4, -0.2) is 12.6 Å². The van der Waals surface area contributed by atoms with Crippen LogP contribution in [0.25, 0.3) is 0 Å². The first-order chi connectivity index (χ1) is 6.79. The van der Waals surface area contributed by atoms with Crippen LogP contribution in [0.4, 0.5) is 5.69 Å². The summed E-state index contributed by atoms with van der Waals surface area (Å²) in [5, 5.41) is 3.35. The van der Waals surface area contributed by atoms with Gasteiger partial charge in [0.15, 0.2) is 0 Å². The van der Waals surface area contributed by atoms with Gasteiger partial charge in [0.2, 0.25) is 0 Å². The maximum Gasteiger partial charge on any atom is 0.124 e. The van der Waals surface area contributed by atoms with Gasteiger partial charge in [0, 0.05) is 24.3 Å². The molecule has 3 N–H and O–H groups in total. The minimum atomic E-state index is 0. The molecule has 0 aromatic heterocycles. The fourth-order valence-electron chi connectivity index (χ4n) is 1.67. The van der Waals surface area contributed by atoms with Gasteiger partial charge in [0.25, 0.3) is 0 Å². The summed E-state index contributed by atoms with van der Waals surface area (Å²) in [6, 6.07) is 5.82. The highest BCUT2D eigenvalue weighted by Gasteiger charge is 2.15. The van der Waals surface area contributed by atoms with Gasteiger partial charge in [-0.2, -0.15) is 0 Å². The van der Waals surface area contributed by atoms with E-state index in [0.29, 0.717) is 0 Å². The van der Waals surface area contributed by atoms with Crippen LogP contribution in [0.3, 0.4) is 0 Å². The molecule has 84 valence electrons. The average molecular weight is 229 g/mol. The number of hydrogen-bond acceptors (Lipinski definition) is 3. The average Bonchev–Trinajstić information content (AvgIpc) is 2.38. The molecule has 15 heavy (non-hydrogen) atoms. The molecule has 3 nitrogen and oxygen atoms in total. The molecule has 0 saturated carbocycles. The van der Waals surface area contributed by atoms with Crippen LogP contribution in [0.15, 0.2) is 18.2 Å². The van der Waals surface area contributed by atoms with E-state index < -0.39 is 0 Å². The lowest BCUT2D eigenvalue weighted by Crippen LogP contribution is -2.27. The van der Waals surface area contributed by atoms with E-state index in [2.05, 4.69) is 12.2 Å². The van der Waals surface area contributed by atoms with Crippen LogP contribution in [-0.2, 0) is 6.54 Å². The maximum atomic E-state index is 5.84. The quantitative estimate of drug-likeness (QED) is 0.723.